The van der Waals surface area contributed by atoms with E-state index in [1.54, 1.807) is 7.11 Å². The zero-order valence-electron chi connectivity index (χ0n) is 11.3. The molecule has 0 fully saturated rings. The largest absolute Gasteiger partial charge is 0.497 e. The molecule has 0 aromatic heterocycles. The zero-order valence-corrected chi connectivity index (χ0v) is 12.1. The van der Waals surface area contributed by atoms with Crippen molar-refractivity contribution in [2.75, 3.05) is 32.3 Å². The third-order valence-corrected chi connectivity index (χ3v) is 3.67. The van der Waals surface area contributed by atoms with Crippen LogP contribution in [0.1, 0.15) is 5.56 Å². The number of amides is 1. The predicted octanol–water partition coefficient (Wildman–Crippen LogP) is 1.73. The number of fused-ring (bicyclic) bond motifs is 1. The maximum absolute atomic E-state index is 11.4. The van der Waals surface area contributed by atoms with Crippen molar-refractivity contribution in [1.82, 2.24) is 5.32 Å². The van der Waals surface area contributed by atoms with Gasteiger partial charge in [0, 0.05) is 18.5 Å². The maximum atomic E-state index is 11.4. The van der Waals surface area contributed by atoms with Crippen LogP contribution in [-0.2, 0) is 11.2 Å². The number of ether oxygens (including phenoxy) is 2. The molecule has 0 radical (unpaired) electrons. The molecule has 0 bridgehead atoms. The summed E-state index contributed by atoms with van der Waals surface area (Å²) >= 11 is 1.53. The minimum Gasteiger partial charge on any atom is -0.497 e. The van der Waals surface area contributed by atoms with E-state index >= 15 is 0 Å². The van der Waals surface area contributed by atoms with E-state index in [1.165, 1.54) is 17.3 Å². The van der Waals surface area contributed by atoms with Gasteiger partial charge in [-0.25, -0.2) is 0 Å². The molecule has 1 aromatic rings. The first-order chi connectivity index (χ1) is 9.22. The molecule has 1 aliphatic heterocycles. The van der Waals surface area contributed by atoms with Gasteiger partial charge < -0.3 is 14.8 Å². The minimum atomic E-state index is 0.0908. The van der Waals surface area contributed by atoms with Gasteiger partial charge in [0.05, 0.1) is 19.5 Å². The van der Waals surface area contributed by atoms with Crippen molar-refractivity contribution in [3.63, 3.8) is 0 Å². The zero-order chi connectivity index (χ0) is 13.7. The smallest absolute Gasteiger partial charge is 0.229 e. The quantitative estimate of drug-likeness (QED) is 0.893. The molecule has 0 saturated heterocycles. The summed E-state index contributed by atoms with van der Waals surface area (Å²) < 4.78 is 10.9. The molecule has 19 heavy (non-hydrogen) atoms. The molecular formula is C14H19NO3S. The van der Waals surface area contributed by atoms with Crippen molar-refractivity contribution in [3.05, 3.63) is 23.8 Å². The third-order valence-electron chi connectivity index (χ3n) is 3.12. The number of nitrogens with one attached hydrogen (secondary N) is 1. The van der Waals surface area contributed by atoms with Crippen LogP contribution < -0.4 is 14.8 Å². The lowest BCUT2D eigenvalue weighted by Gasteiger charge is -2.25. The normalized spacial score (nSPS) is 17.3. The van der Waals surface area contributed by atoms with E-state index in [0.717, 1.165) is 17.9 Å². The molecule has 2 rings (SSSR count). The molecular weight excluding hydrogens is 262 g/mol. The first-order valence-corrected chi connectivity index (χ1v) is 7.67. The summed E-state index contributed by atoms with van der Waals surface area (Å²) in [5.74, 6) is 2.65. The number of hydrogen-bond acceptors (Lipinski definition) is 4. The van der Waals surface area contributed by atoms with E-state index < -0.39 is 0 Å². The van der Waals surface area contributed by atoms with E-state index in [2.05, 4.69) is 5.32 Å². The Morgan fingerprint density at radius 1 is 1.58 bits per heavy atom. The average molecular weight is 281 g/mol. The first kappa shape index (κ1) is 14.1. The van der Waals surface area contributed by atoms with Gasteiger partial charge in [-0.2, -0.15) is 11.8 Å². The Balaban J connectivity index is 1.89. The summed E-state index contributed by atoms with van der Waals surface area (Å²) in [6, 6.07) is 5.89. The van der Waals surface area contributed by atoms with Gasteiger partial charge in [0.15, 0.2) is 0 Å². The number of thioether (sulfide) groups is 1. The summed E-state index contributed by atoms with van der Waals surface area (Å²) in [5, 5.41) is 2.94. The number of hydrogen-bond donors (Lipinski definition) is 1. The van der Waals surface area contributed by atoms with Crippen LogP contribution in [0.15, 0.2) is 18.2 Å². The number of carbonyl (C=O) groups excluding carboxylic acids is 1. The Kier molecular flexibility index (Phi) is 4.96. The molecule has 1 atom stereocenters. The van der Waals surface area contributed by atoms with Crippen molar-refractivity contribution in [1.29, 1.82) is 0 Å². The molecule has 1 heterocycles. The third kappa shape index (κ3) is 3.80. The van der Waals surface area contributed by atoms with Crippen LogP contribution >= 0.6 is 11.8 Å². The molecule has 104 valence electrons. The highest BCUT2D eigenvalue weighted by Crippen LogP contribution is 2.30. The molecule has 0 spiro atoms. The standard InChI is InChI=1S/C14H19NO3S/c1-17-12-4-3-11-5-10(8-18-13(11)6-12)7-15-14(16)9-19-2/h3-4,6,10H,5,7-9H2,1-2H3,(H,15,16)/t10-/m1/s1. The molecule has 4 nitrogen and oxygen atoms in total. The van der Waals surface area contributed by atoms with Crippen LogP contribution in [0.2, 0.25) is 0 Å². The van der Waals surface area contributed by atoms with E-state index in [-0.39, 0.29) is 5.91 Å². The fourth-order valence-electron chi connectivity index (χ4n) is 2.11. The topological polar surface area (TPSA) is 47.6 Å². The monoisotopic (exact) mass is 281 g/mol. The van der Waals surface area contributed by atoms with Gasteiger partial charge in [-0.1, -0.05) is 6.07 Å². The second kappa shape index (κ2) is 6.70. The van der Waals surface area contributed by atoms with Gasteiger partial charge in [-0.05, 0) is 24.3 Å². The number of methoxy groups -OCH3 is 1. The predicted molar refractivity (Wildman–Crippen MR) is 77.1 cm³/mol. The lowest BCUT2D eigenvalue weighted by Crippen LogP contribution is -2.35. The second-order valence-electron chi connectivity index (χ2n) is 4.59. The van der Waals surface area contributed by atoms with Gasteiger partial charge >= 0.3 is 0 Å². The molecule has 1 amide bonds. The van der Waals surface area contributed by atoms with Crippen LogP contribution in [0.4, 0.5) is 0 Å². The minimum absolute atomic E-state index is 0.0908. The summed E-state index contributed by atoms with van der Waals surface area (Å²) in [6.45, 7) is 1.31. The first-order valence-electron chi connectivity index (χ1n) is 6.28. The van der Waals surface area contributed by atoms with E-state index in [0.29, 0.717) is 24.8 Å². The van der Waals surface area contributed by atoms with Crippen molar-refractivity contribution < 1.29 is 14.3 Å². The van der Waals surface area contributed by atoms with Crippen molar-refractivity contribution in [3.8, 4) is 11.5 Å². The maximum Gasteiger partial charge on any atom is 0.229 e. The van der Waals surface area contributed by atoms with Crippen molar-refractivity contribution in [2.45, 2.75) is 6.42 Å². The molecule has 1 aliphatic rings. The van der Waals surface area contributed by atoms with E-state index in [1.807, 2.05) is 24.5 Å². The van der Waals surface area contributed by atoms with E-state index in [4.69, 9.17) is 9.47 Å². The molecule has 0 aliphatic carbocycles. The fraction of sp³-hybridized carbons (Fsp3) is 0.500. The number of carbonyl (C=O) groups is 1. The lowest BCUT2D eigenvalue weighted by molar-refractivity contribution is -0.118. The highest BCUT2D eigenvalue weighted by molar-refractivity contribution is 7.99. The Morgan fingerprint density at radius 2 is 2.42 bits per heavy atom. The molecule has 5 heteroatoms. The van der Waals surface area contributed by atoms with Crippen molar-refractivity contribution >= 4 is 17.7 Å². The van der Waals surface area contributed by atoms with Crippen LogP contribution in [0.3, 0.4) is 0 Å². The number of rotatable bonds is 5. The molecule has 0 saturated carbocycles. The lowest BCUT2D eigenvalue weighted by atomic mass is 9.96. The fourth-order valence-corrected chi connectivity index (χ4v) is 2.48. The molecule has 1 aromatic carbocycles. The second-order valence-corrected chi connectivity index (χ2v) is 5.46. The van der Waals surface area contributed by atoms with Crippen LogP contribution in [0.25, 0.3) is 0 Å². The van der Waals surface area contributed by atoms with Crippen LogP contribution in [0, 0.1) is 5.92 Å². The van der Waals surface area contributed by atoms with Gasteiger partial charge in [0.2, 0.25) is 5.91 Å². The summed E-state index contributed by atoms with van der Waals surface area (Å²) in [4.78, 5) is 11.4. The Bertz CT molecular complexity index is 450. The van der Waals surface area contributed by atoms with Gasteiger partial charge in [0.25, 0.3) is 0 Å². The van der Waals surface area contributed by atoms with E-state index in [9.17, 15) is 4.79 Å². The summed E-state index contributed by atoms with van der Waals surface area (Å²) in [6.07, 6.45) is 2.85. The summed E-state index contributed by atoms with van der Waals surface area (Å²) in [5.41, 5.74) is 1.18. The van der Waals surface area contributed by atoms with Gasteiger partial charge in [-0.3, -0.25) is 4.79 Å². The summed E-state index contributed by atoms with van der Waals surface area (Å²) in [7, 11) is 1.65. The SMILES string of the molecule is COc1ccc2c(c1)OC[C@@H](CNC(=O)CSC)C2. The Hall–Kier alpha value is -1.36. The highest BCUT2D eigenvalue weighted by atomic mass is 32.2. The van der Waals surface area contributed by atoms with Crippen LogP contribution in [0.5, 0.6) is 11.5 Å². The Labute approximate surface area is 117 Å². The number of benzene rings is 1. The average Bonchev–Trinajstić information content (AvgIpc) is 2.44. The molecule has 1 N–H and O–H groups in total. The molecule has 0 unspecified atom stereocenters. The Morgan fingerprint density at radius 3 is 3.16 bits per heavy atom. The van der Waals surface area contributed by atoms with Gasteiger partial charge in [-0.15, -0.1) is 0 Å². The van der Waals surface area contributed by atoms with Crippen molar-refractivity contribution in [2.24, 2.45) is 5.92 Å². The highest BCUT2D eigenvalue weighted by Gasteiger charge is 2.20. The van der Waals surface area contributed by atoms with Gasteiger partial charge in [0.1, 0.15) is 11.5 Å². The van der Waals surface area contributed by atoms with Crippen LogP contribution in [-0.4, -0.2) is 38.2 Å².